The van der Waals surface area contributed by atoms with E-state index in [4.69, 9.17) is 0 Å². The van der Waals surface area contributed by atoms with E-state index in [1.54, 1.807) is 6.92 Å². The fraction of sp³-hybridized carbons (Fsp3) is 0.889. The number of carbonyl (C=O) groups excluding carboxylic acids is 1. The first-order chi connectivity index (χ1) is 5.17. The van der Waals surface area contributed by atoms with Crippen LogP contribution in [0, 0.1) is 0 Å². The highest BCUT2D eigenvalue weighted by Gasteiger charge is 2.17. The highest BCUT2D eigenvalue weighted by molar-refractivity contribution is 5.81. The van der Waals surface area contributed by atoms with Crippen LogP contribution in [0.15, 0.2) is 0 Å². The van der Waals surface area contributed by atoms with Gasteiger partial charge in [-0.1, -0.05) is 20.8 Å². The molecule has 0 saturated carbocycles. The number of likely N-dealkylation sites (N-methyl/N-ethyl adjacent to an activating group) is 1. The van der Waals surface area contributed by atoms with Crippen LogP contribution in [0.2, 0.25) is 0 Å². The van der Waals surface area contributed by atoms with Crippen molar-refractivity contribution in [1.82, 2.24) is 4.90 Å². The minimum absolute atomic E-state index is 0.144. The minimum atomic E-state index is 0.144. The lowest BCUT2D eigenvalue weighted by atomic mass is 10.1. The third-order valence-corrected chi connectivity index (χ3v) is 2.11. The van der Waals surface area contributed by atoms with Crippen molar-refractivity contribution in [3.63, 3.8) is 0 Å². The molecular formula is C9H19NO. The Morgan fingerprint density at radius 1 is 1.27 bits per heavy atom. The standard InChI is InChI=1S/C9H19NO/c1-5-9(8(4)11)10(6-2)7-3/h9H,5-7H2,1-4H3/t9-/m1/s1. The number of hydrogen-bond acceptors (Lipinski definition) is 2. The zero-order chi connectivity index (χ0) is 8.85. The Hall–Kier alpha value is -0.370. The van der Waals surface area contributed by atoms with Crippen molar-refractivity contribution in [2.75, 3.05) is 13.1 Å². The fourth-order valence-corrected chi connectivity index (χ4v) is 1.47. The molecular weight excluding hydrogens is 138 g/mol. The van der Waals surface area contributed by atoms with Gasteiger partial charge in [-0.25, -0.2) is 0 Å². The van der Waals surface area contributed by atoms with Gasteiger partial charge in [-0.2, -0.15) is 0 Å². The lowest BCUT2D eigenvalue weighted by molar-refractivity contribution is -0.122. The van der Waals surface area contributed by atoms with Gasteiger partial charge in [0.15, 0.2) is 0 Å². The van der Waals surface area contributed by atoms with Gasteiger partial charge in [-0.05, 0) is 26.4 Å². The van der Waals surface area contributed by atoms with E-state index in [1.807, 2.05) is 0 Å². The van der Waals surface area contributed by atoms with E-state index in [9.17, 15) is 4.79 Å². The molecule has 0 rings (SSSR count). The minimum Gasteiger partial charge on any atom is -0.298 e. The number of Topliss-reactive ketones (excluding diaryl/α,β-unsaturated/α-hetero) is 1. The van der Waals surface area contributed by atoms with Gasteiger partial charge in [0.25, 0.3) is 0 Å². The third kappa shape index (κ3) is 3.02. The summed E-state index contributed by atoms with van der Waals surface area (Å²) in [6, 6.07) is 0.144. The molecule has 0 amide bonds. The molecule has 0 aliphatic rings. The molecule has 2 nitrogen and oxygen atoms in total. The van der Waals surface area contributed by atoms with Crippen LogP contribution in [-0.2, 0) is 4.79 Å². The third-order valence-electron chi connectivity index (χ3n) is 2.11. The maximum Gasteiger partial charge on any atom is 0.146 e. The molecule has 0 saturated heterocycles. The molecule has 0 radical (unpaired) electrons. The van der Waals surface area contributed by atoms with Crippen molar-refractivity contribution in [3.8, 4) is 0 Å². The van der Waals surface area contributed by atoms with Crippen molar-refractivity contribution < 1.29 is 4.79 Å². The summed E-state index contributed by atoms with van der Waals surface area (Å²) in [5.74, 6) is 0.288. The summed E-state index contributed by atoms with van der Waals surface area (Å²) in [6.45, 7) is 9.85. The number of ketones is 1. The van der Waals surface area contributed by atoms with Gasteiger partial charge < -0.3 is 0 Å². The molecule has 0 heterocycles. The summed E-state index contributed by atoms with van der Waals surface area (Å²) < 4.78 is 0. The van der Waals surface area contributed by atoms with E-state index < -0.39 is 0 Å². The Morgan fingerprint density at radius 3 is 1.82 bits per heavy atom. The summed E-state index contributed by atoms with van der Waals surface area (Å²) in [6.07, 6.45) is 0.928. The molecule has 1 atom stereocenters. The first-order valence-electron chi connectivity index (χ1n) is 4.41. The summed E-state index contributed by atoms with van der Waals surface area (Å²) in [4.78, 5) is 13.3. The van der Waals surface area contributed by atoms with Crippen LogP contribution in [0.5, 0.6) is 0 Å². The SMILES string of the molecule is CC[C@H](C(C)=O)N(CC)CC. The summed E-state index contributed by atoms with van der Waals surface area (Å²) >= 11 is 0. The Morgan fingerprint density at radius 2 is 1.73 bits per heavy atom. The predicted molar refractivity (Wildman–Crippen MR) is 47.7 cm³/mol. The van der Waals surface area contributed by atoms with Crippen LogP contribution in [0.4, 0.5) is 0 Å². The molecule has 0 aliphatic carbocycles. The molecule has 2 heteroatoms. The second-order valence-electron chi connectivity index (χ2n) is 2.76. The topological polar surface area (TPSA) is 20.3 Å². The maximum absolute atomic E-state index is 11.1. The maximum atomic E-state index is 11.1. The molecule has 0 aromatic heterocycles. The second kappa shape index (κ2) is 5.30. The van der Waals surface area contributed by atoms with E-state index in [0.717, 1.165) is 19.5 Å². The first kappa shape index (κ1) is 10.6. The normalized spacial score (nSPS) is 13.5. The van der Waals surface area contributed by atoms with Crippen molar-refractivity contribution in [1.29, 1.82) is 0 Å². The molecule has 0 bridgehead atoms. The van der Waals surface area contributed by atoms with Crippen LogP contribution < -0.4 is 0 Å². The van der Waals surface area contributed by atoms with Gasteiger partial charge in [-0.15, -0.1) is 0 Å². The predicted octanol–water partition coefficient (Wildman–Crippen LogP) is 1.70. The van der Waals surface area contributed by atoms with Gasteiger partial charge >= 0.3 is 0 Å². The summed E-state index contributed by atoms with van der Waals surface area (Å²) in [7, 11) is 0. The highest BCUT2D eigenvalue weighted by Crippen LogP contribution is 2.04. The zero-order valence-electron chi connectivity index (χ0n) is 8.05. The largest absolute Gasteiger partial charge is 0.298 e. The molecule has 0 N–H and O–H groups in total. The molecule has 0 fully saturated rings. The van der Waals surface area contributed by atoms with Gasteiger partial charge in [0, 0.05) is 0 Å². The molecule has 66 valence electrons. The van der Waals surface area contributed by atoms with Crippen LogP contribution in [-0.4, -0.2) is 29.8 Å². The van der Waals surface area contributed by atoms with Gasteiger partial charge in [-0.3, -0.25) is 9.69 Å². The number of rotatable bonds is 5. The summed E-state index contributed by atoms with van der Waals surface area (Å²) in [5, 5.41) is 0. The molecule has 11 heavy (non-hydrogen) atoms. The Balaban J connectivity index is 4.09. The van der Waals surface area contributed by atoms with Crippen molar-refractivity contribution in [2.45, 2.75) is 40.2 Å². The lowest BCUT2D eigenvalue weighted by Crippen LogP contribution is -2.39. The van der Waals surface area contributed by atoms with Crippen LogP contribution in [0.1, 0.15) is 34.1 Å². The molecule has 0 aliphatic heterocycles. The van der Waals surface area contributed by atoms with Gasteiger partial charge in [0.05, 0.1) is 6.04 Å². The van der Waals surface area contributed by atoms with E-state index in [2.05, 4.69) is 25.7 Å². The van der Waals surface area contributed by atoms with Crippen molar-refractivity contribution in [2.24, 2.45) is 0 Å². The summed E-state index contributed by atoms with van der Waals surface area (Å²) in [5.41, 5.74) is 0. The molecule has 0 unspecified atom stereocenters. The van der Waals surface area contributed by atoms with Crippen LogP contribution >= 0.6 is 0 Å². The monoisotopic (exact) mass is 157 g/mol. The van der Waals surface area contributed by atoms with Crippen LogP contribution in [0.3, 0.4) is 0 Å². The number of carbonyl (C=O) groups is 1. The van der Waals surface area contributed by atoms with Crippen LogP contribution in [0.25, 0.3) is 0 Å². The Bertz CT molecular complexity index is 119. The average molecular weight is 157 g/mol. The highest BCUT2D eigenvalue weighted by atomic mass is 16.1. The molecule has 0 aromatic carbocycles. The Kier molecular flexibility index (Phi) is 5.12. The zero-order valence-corrected chi connectivity index (χ0v) is 8.05. The van der Waals surface area contributed by atoms with E-state index in [0.29, 0.717) is 0 Å². The number of nitrogens with zero attached hydrogens (tertiary/aromatic N) is 1. The van der Waals surface area contributed by atoms with Crippen molar-refractivity contribution in [3.05, 3.63) is 0 Å². The molecule has 0 spiro atoms. The molecule has 0 aromatic rings. The second-order valence-corrected chi connectivity index (χ2v) is 2.76. The average Bonchev–Trinajstić information content (AvgIpc) is 1.99. The lowest BCUT2D eigenvalue weighted by Gasteiger charge is -2.26. The fourth-order valence-electron chi connectivity index (χ4n) is 1.47. The van der Waals surface area contributed by atoms with E-state index >= 15 is 0 Å². The first-order valence-corrected chi connectivity index (χ1v) is 4.41. The number of hydrogen-bond donors (Lipinski definition) is 0. The quantitative estimate of drug-likeness (QED) is 0.605. The van der Waals surface area contributed by atoms with Crippen molar-refractivity contribution >= 4 is 5.78 Å². The smallest absolute Gasteiger partial charge is 0.146 e. The van der Waals surface area contributed by atoms with E-state index in [1.165, 1.54) is 0 Å². The van der Waals surface area contributed by atoms with Gasteiger partial charge in [0.1, 0.15) is 5.78 Å². The Labute approximate surface area is 69.6 Å². The van der Waals surface area contributed by atoms with E-state index in [-0.39, 0.29) is 11.8 Å². The van der Waals surface area contributed by atoms with Gasteiger partial charge in [0.2, 0.25) is 0 Å².